The first kappa shape index (κ1) is 14.0. The number of rotatable bonds is 4. The van der Waals surface area contributed by atoms with Crippen LogP contribution in [-0.4, -0.2) is 18.1 Å². The summed E-state index contributed by atoms with van der Waals surface area (Å²) >= 11 is 3.13. The van der Waals surface area contributed by atoms with E-state index in [1.807, 2.05) is 0 Å². The van der Waals surface area contributed by atoms with Crippen LogP contribution in [0.15, 0.2) is 10.7 Å². The number of aromatic nitrogens is 1. The van der Waals surface area contributed by atoms with Crippen LogP contribution in [0.1, 0.15) is 23.2 Å². The van der Waals surface area contributed by atoms with Crippen molar-refractivity contribution < 1.29 is 18.3 Å². The first-order valence-electron chi connectivity index (χ1n) is 4.72. The quantitative estimate of drug-likeness (QED) is 0.864. The van der Waals surface area contributed by atoms with Gasteiger partial charge >= 0.3 is 5.97 Å². The topological polar surface area (TPSA) is 65.2 Å². The van der Waals surface area contributed by atoms with Gasteiger partial charge in [0.25, 0.3) is 6.43 Å². The van der Waals surface area contributed by atoms with Crippen LogP contribution >= 0.6 is 15.9 Å². The van der Waals surface area contributed by atoms with Crippen molar-refractivity contribution in [1.29, 1.82) is 0 Å². The van der Waals surface area contributed by atoms with Crippen molar-refractivity contribution in [3.8, 4) is 0 Å². The fraction of sp³-hybridized carbons (Fsp3) is 0.400. The summed E-state index contributed by atoms with van der Waals surface area (Å²) in [7, 11) is 1.24. The average Bonchev–Trinajstić information content (AvgIpc) is 2.30. The predicted octanol–water partition coefficient (Wildman–Crippen LogP) is 1.96. The maximum atomic E-state index is 12.6. The van der Waals surface area contributed by atoms with E-state index in [0.29, 0.717) is 10.2 Å². The van der Waals surface area contributed by atoms with Crippen LogP contribution in [0.4, 0.5) is 8.78 Å². The molecule has 0 spiro atoms. The molecule has 0 aromatic carbocycles. The van der Waals surface area contributed by atoms with Crippen LogP contribution in [-0.2, 0) is 22.5 Å². The number of carbonyl (C=O) groups is 1. The molecule has 0 saturated heterocycles. The van der Waals surface area contributed by atoms with E-state index in [1.54, 1.807) is 0 Å². The zero-order valence-corrected chi connectivity index (χ0v) is 10.6. The van der Waals surface area contributed by atoms with Crippen LogP contribution in [0.3, 0.4) is 0 Å². The molecule has 0 aliphatic rings. The van der Waals surface area contributed by atoms with Crippen molar-refractivity contribution in [1.82, 2.24) is 4.98 Å². The monoisotopic (exact) mass is 308 g/mol. The lowest BCUT2D eigenvalue weighted by Crippen LogP contribution is -2.11. The molecular formula is C10H11BrF2N2O2. The van der Waals surface area contributed by atoms with Crippen molar-refractivity contribution in [3.63, 3.8) is 0 Å². The summed E-state index contributed by atoms with van der Waals surface area (Å²) < 4.78 is 30.1. The van der Waals surface area contributed by atoms with Gasteiger partial charge in [0.2, 0.25) is 0 Å². The fourth-order valence-electron chi connectivity index (χ4n) is 1.31. The third kappa shape index (κ3) is 3.19. The lowest BCUT2D eigenvalue weighted by atomic mass is 10.1. The van der Waals surface area contributed by atoms with Crippen LogP contribution in [0, 0.1) is 0 Å². The molecule has 1 rings (SSSR count). The molecule has 0 atom stereocenters. The second-order valence-corrected chi connectivity index (χ2v) is 4.00. The number of halogens is 3. The molecule has 0 radical (unpaired) electrons. The largest absolute Gasteiger partial charge is 0.469 e. The molecule has 0 fully saturated rings. The number of alkyl halides is 2. The van der Waals surface area contributed by atoms with Gasteiger partial charge < -0.3 is 10.5 Å². The van der Waals surface area contributed by atoms with E-state index in [-0.39, 0.29) is 24.1 Å². The number of ether oxygens (including phenoxy) is 1. The smallest absolute Gasteiger partial charge is 0.311 e. The van der Waals surface area contributed by atoms with Gasteiger partial charge in [-0.2, -0.15) is 0 Å². The summed E-state index contributed by atoms with van der Waals surface area (Å²) in [5.74, 6) is -0.494. The number of pyridine rings is 1. The first-order chi connectivity index (χ1) is 8.01. The lowest BCUT2D eigenvalue weighted by Gasteiger charge is -2.11. The molecule has 94 valence electrons. The van der Waals surface area contributed by atoms with Crippen molar-refractivity contribution >= 4 is 21.9 Å². The van der Waals surface area contributed by atoms with E-state index < -0.39 is 12.4 Å². The highest BCUT2D eigenvalue weighted by Gasteiger charge is 2.19. The van der Waals surface area contributed by atoms with Gasteiger partial charge in [-0.15, -0.1) is 0 Å². The molecule has 0 aliphatic carbocycles. The van der Waals surface area contributed by atoms with Gasteiger partial charge in [-0.1, -0.05) is 0 Å². The average molecular weight is 309 g/mol. The summed E-state index contributed by atoms with van der Waals surface area (Å²) in [6, 6.07) is 0. The fourth-order valence-corrected chi connectivity index (χ4v) is 1.94. The molecular weight excluding hydrogens is 298 g/mol. The van der Waals surface area contributed by atoms with Gasteiger partial charge in [-0.05, 0) is 21.5 Å². The van der Waals surface area contributed by atoms with Crippen LogP contribution in [0.2, 0.25) is 0 Å². The standard InChI is InChI=1S/C10H11BrF2N2O2/c1-17-8(16)2-7-9(11)5(3-14)6(4-15-7)10(12)13/h4,10H,2-3,14H2,1H3. The molecule has 0 unspecified atom stereocenters. The summed E-state index contributed by atoms with van der Waals surface area (Å²) in [6.45, 7) is -0.0586. The van der Waals surface area contributed by atoms with Crippen molar-refractivity contribution in [2.45, 2.75) is 19.4 Å². The Morgan fingerprint density at radius 1 is 1.65 bits per heavy atom. The minimum Gasteiger partial charge on any atom is -0.469 e. The Hall–Kier alpha value is -1.08. The molecule has 1 heterocycles. The second kappa shape index (κ2) is 6.02. The number of esters is 1. The molecule has 2 N–H and O–H groups in total. The van der Waals surface area contributed by atoms with Crippen molar-refractivity contribution in [2.24, 2.45) is 5.73 Å². The van der Waals surface area contributed by atoms with Gasteiger partial charge in [0.15, 0.2) is 0 Å². The maximum Gasteiger partial charge on any atom is 0.311 e. The number of hydrogen-bond donors (Lipinski definition) is 1. The number of nitrogens with two attached hydrogens (primary N) is 1. The van der Waals surface area contributed by atoms with Gasteiger partial charge in [0, 0.05) is 22.8 Å². The Bertz CT molecular complexity index is 427. The molecule has 0 saturated carbocycles. The molecule has 17 heavy (non-hydrogen) atoms. The van der Waals surface area contributed by atoms with Gasteiger partial charge in [0.05, 0.1) is 19.2 Å². The van der Waals surface area contributed by atoms with E-state index in [4.69, 9.17) is 5.73 Å². The minimum absolute atomic E-state index is 0.0586. The van der Waals surface area contributed by atoms with Crippen LogP contribution in [0.25, 0.3) is 0 Å². The van der Waals surface area contributed by atoms with E-state index in [1.165, 1.54) is 7.11 Å². The molecule has 0 amide bonds. The zero-order valence-electron chi connectivity index (χ0n) is 9.04. The second-order valence-electron chi connectivity index (χ2n) is 3.21. The van der Waals surface area contributed by atoms with Crippen molar-refractivity contribution in [2.75, 3.05) is 7.11 Å². The molecule has 1 aromatic rings. The number of methoxy groups -OCH3 is 1. The number of hydrogen-bond acceptors (Lipinski definition) is 4. The highest BCUT2D eigenvalue weighted by molar-refractivity contribution is 9.10. The van der Waals surface area contributed by atoms with E-state index in [0.717, 1.165) is 6.20 Å². The summed E-state index contributed by atoms with van der Waals surface area (Å²) in [4.78, 5) is 14.9. The van der Waals surface area contributed by atoms with Gasteiger partial charge in [-0.25, -0.2) is 8.78 Å². The first-order valence-corrected chi connectivity index (χ1v) is 5.51. The van der Waals surface area contributed by atoms with Gasteiger partial charge in [-0.3, -0.25) is 9.78 Å². The third-order valence-corrected chi connectivity index (χ3v) is 3.14. The van der Waals surface area contributed by atoms with Crippen LogP contribution in [0.5, 0.6) is 0 Å². The Morgan fingerprint density at radius 2 is 2.29 bits per heavy atom. The molecule has 0 aliphatic heterocycles. The minimum atomic E-state index is -2.65. The molecule has 4 nitrogen and oxygen atoms in total. The van der Waals surface area contributed by atoms with Gasteiger partial charge in [0.1, 0.15) is 0 Å². The summed E-state index contributed by atoms with van der Waals surface area (Å²) in [5.41, 5.74) is 5.78. The highest BCUT2D eigenvalue weighted by atomic mass is 79.9. The zero-order chi connectivity index (χ0) is 13.0. The van der Waals surface area contributed by atoms with E-state index in [2.05, 4.69) is 25.7 Å². The van der Waals surface area contributed by atoms with E-state index in [9.17, 15) is 13.6 Å². The van der Waals surface area contributed by atoms with Crippen molar-refractivity contribution in [3.05, 3.63) is 27.5 Å². The molecule has 0 bridgehead atoms. The molecule has 7 heteroatoms. The Kier molecular flexibility index (Phi) is 4.95. The summed E-state index contributed by atoms with van der Waals surface area (Å²) in [6.07, 6.45) is -1.70. The normalized spacial score (nSPS) is 10.7. The maximum absolute atomic E-state index is 12.6. The number of carbonyl (C=O) groups excluding carboxylic acids is 1. The number of nitrogens with zero attached hydrogens (tertiary/aromatic N) is 1. The Balaban J connectivity index is 3.15. The molecule has 1 aromatic heterocycles. The summed E-state index contributed by atoms with van der Waals surface area (Å²) in [5, 5.41) is 0. The lowest BCUT2D eigenvalue weighted by molar-refractivity contribution is -0.139. The highest BCUT2D eigenvalue weighted by Crippen LogP contribution is 2.29. The Morgan fingerprint density at radius 3 is 2.76 bits per heavy atom. The predicted molar refractivity (Wildman–Crippen MR) is 60.5 cm³/mol. The third-order valence-electron chi connectivity index (χ3n) is 2.20. The SMILES string of the molecule is COC(=O)Cc1ncc(C(F)F)c(CN)c1Br. The van der Waals surface area contributed by atoms with Crippen LogP contribution < -0.4 is 5.73 Å². The van der Waals surface area contributed by atoms with E-state index >= 15 is 0 Å². The Labute approximate surface area is 105 Å².